The Kier molecular flexibility index (Phi) is 5.58. The molecule has 0 N–H and O–H groups in total. The molecule has 0 spiro atoms. The first-order valence-corrected chi connectivity index (χ1v) is 13.7. The number of thiophene rings is 1. The summed E-state index contributed by atoms with van der Waals surface area (Å²) < 4.78 is 34.7. The molecule has 1 fully saturated rings. The molecule has 0 radical (unpaired) electrons. The number of ether oxygens (including phenoxy) is 1. The molecular formula is C24H30N2O4S2. The van der Waals surface area contributed by atoms with Crippen molar-refractivity contribution in [3.05, 3.63) is 45.1 Å². The van der Waals surface area contributed by atoms with Crippen LogP contribution in [0.15, 0.2) is 29.2 Å². The van der Waals surface area contributed by atoms with Gasteiger partial charge >= 0.3 is 5.97 Å². The van der Waals surface area contributed by atoms with Gasteiger partial charge in [-0.2, -0.15) is 0 Å². The molecule has 2 aliphatic heterocycles. The Morgan fingerprint density at radius 3 is 2.62 bits per heavy atom. The van der Waals surface area contributed by atoms with Gasteiger partial charge in [-0.15, -0.1) is 11.3 Å². The molecular weight excluding hydrogens is 444 g/mol. The number of carbonyl (C=O) groups excluding carboxylic acids is 1. The third-order valence-corrected chi connectivity index (χ3v) is 10.3. The lowest BCUT2D eigenvalue weighted by Crippen LogP contribution is -2.42. The summed E-state index contributed by atoms with van der Waals surface area (Å²) in [5.74, 6) is -0.151. The fourth-order valence-electron chi connectivity index (χ4n) is 5.59. The number of nitrogens with zero attached hydrogens (tertiary/aromatic N) is 2. The van der Waals surface area contributed by atoms with Gasteiger partial charge in [0.05, 0.1) is 23.2 Å². The van der Waals surface area contributed by atoms with E-state index in [1.165, 1.54) is 10.4 Å². The van der Waals surface area contributed by atoms with Crippen molar-refractivity contribution in [1.29, 1.82) is 0 Å². The second-order valence-electron chi connectivity index (χ2n) is 9.15. The molecule has 2 aromatic rings. The minimum atomic E-state index is -3.69. The van der Waals surface area contributed by atoms with Crippen LogP contribution in [0.1, 0.15) is 53.1 Å². The number of likely N-dealkylation sites (N-methyl/N-ethyl adjacent to an activating group) is 1. The molecule has 3 heterocycles. The maximum atomic E-state index is 13.9. The second-order valence-corrected chi connectivity index (χ2v) is 12.1. The van der Waals surface area contributed by atoms with E-state index in [1.54, 1.807) is 27.8 Å². The molecule has 5 rings (SSSR count). The van der Waals surface area contributed by atoms with E-state index in [-0.39, 0.29) is 24.0 Å². The number of aryl methyl sites for hydroxylation is 2. The number of anilines is 1. The van der Waals surface area contributed by atoms with Crippen LogP contribution in [0.2, 0.25) is 0 Å². The van der Waals surface area contributed by atoms with Crippen LogP contribution < -0.4 is 4.31 Å². The van der Waals surface area contributed by atoms with Crippen molar-refractivity contribution in [2.45, 2.75) is 62.9 Å². The molecule has 1 aromatic carbocycles. The van der Waals surface area contributed by atoms with Crippen LogP contribution in [0.25, 0.3) is 0 Å². The SMILES string of the molecule is CCOC(=O)[C@@H]1C[C@H]2CN(S(=O)(=O)c3ccc(C)cc3)c3c(sc4c3CCCC4)[C@H]2N1C. The summed E-state index contributed by atoms with van der Waals surface area (Å²) in [4.78, 5) is 17.5. The van der Waals surface area contributed by atoms with E-state index >= 15 is 0 Å². The summed E-state index contributed by atoms with van der Waals surface area (Å²) in [6.07, 6.45) is 4.77. The molecule has 1 saturated heterocycles. The van der Waals surface area contributed by atoms with Gasteiger partial charge < -0.3 is 4.74 Å². The fourth-order valence-corrected chi connectivity index (χ4v) is 8.86. The topological polar surface area (TPSA) is 66.9 Å². The number of fused-ring (bicyclic) bond motifs is 5. The third-order valence-electron chi connectivity index (χ3n) is 7.16. The van der Waals surface area contributed by atoms with Gasteiger partial charge in [-0.3, -0.25) is 14.0 Å². The number of hydrogen-bond donors (Lipinski definition) is 0. The predicted octanol–water partition coefficient (Wildman–Crippen LogP) is 4.07. The van der Waals surface area contributed by atoms with Crippen molar-refractivity contribution < 1.29 is 17.9 Å². The molecule has 8 heteroatoms. The number of rotatable bonds is 4. The van der Waals surface area contributed by atoms with Crippen LogP contribution in [0.5, 0.6) is 0 Å². The normalized spacial score (nSPS) is 25.2. The molecule has 0 amide bonds. The summed E-state index contributed by atoms with van der Waals surface area (Å²) in [5.41, 5.74) is 3.13. The molecule has 1 aromatic heterocycles. The maximum Gasteiger partial charge on any atom is 0.323 e. The average molecular weight is 475 g/mol. The molecule has 32 heavy (non-hydrogen) atoms. The minimum Gasteiger partial charge on any atom is -0.465 e. The minimum absolute atomic E-state index is 0.0551. The Morgan fingerprint density at radius 2 is 1.91 bits per heavy atom. The number of likely N-dealkylation sites (tertiary alicyclic amines) is 1. The van der Waals surface area contributed by atoms with Crippen molar-refractivity contribution in [2.24, 2.45) is 5.92 Å². The average Bonchev–Trinajstić information content (AvgIpc) is 3.31. The van der Waals surface area contributed by atoms with E-state index < -0.39 is 10.0 Å². The Morgan fingerprint density at radius 1 is 1.19 bits per heavy atom. The highest BCUT2D eigenvalue weighted by Crippen LogP contribution is 2.55. The molecule has 6 nitrogen and oxygen atoms in total. The fraction of sp³-hybridized carbons (Fsp3) is 0.542. The highest BCUT2D eigenvalue weighted by atomic mass is 32.2. The van der Waals surface area contributed by atoms with Gasteiger partial charge in [0.1, 0.15) is 6.04 Å². The highest BCUT2D eigenvalue weighted by molar-refractivity contribution is 7.92. The van der Waals surface area contributed by atoms with Crippen LogP contribution in [0.4, 0.5) is 5.69 Å². The number of sulfonamides is 1. The zero-order chi connectivity index (χ0) is 22.6. The standard InChI is InChI=1S/C24H30N2O4S2/c1-4-30-24(27)19-13-16-14-26(32(28,29)17-11-9-15(2)10-12-17)22-18-7-5-6-8-20(18)31-23(22)21(16)25(19)3/h9-12,16,19,21H,4-8,13-14H2,1-3H3/t16-,19-,21-/m0/s1. The van der Waals surface area contributed by atoms with Gasteiger partial charge in [0, 0.05) is 22.2 Å². The Bertz CT molecular complexity index is 1140. The van der Waals surface area contributed by atoms with Gasteiger partial charge in [-0.05, 0) is 70.7 Å². The monoisotopic (exact) mass is 474 g/mol. The van der Waals surface area contributed by atoms with Crippen LogP contribution in [0.3, 0.4) is 0 Å². The van der Waals surface area contributed by atoms with Crippen LogP contribution in [-0.4, -0.2) is 45.5 Å². The lowest BCUT2D eigenvalue weighted by molar-refractivity contribution is -0.148. The second kappa shape index (κ2) is 8.15. The molecule has 3 atom stereocenters. The lowest BCUT2D eigenvalue weighted by Gasteiger charge is -2.38. The third kappa shape index (κ3) is 3.38. The van der Waals surface area contributed by atoms with Crippen molar-refractivity contribution in [3.8, 4) is 0 Å². The van der Waals surface area contributed by atoms with E-state index in [9.17, 15) is 13.2 Å². The number of carbonyl (C=O) groups is 1. The summed E-state index contributed by atoms with van der Waals surface area (Å²) in [5, 5.41) is 0. The van der Waals surface area contributed by atoms with Crippen LogP contribution >= 0.6 is 11.3 Å². The van der Waals surface area contributed by atoms with Crippen LogP contribution in [0, 0.1) is 12.8 Å². The van der Waals surface area contributed by atoms with Gasteiger partial charge in [0.15, 0.2) is 0 Å². The molecule has 0 unspecified atom stereocenters. The van der Waals surface area contributed by atoms with Crippen molar-refractivity contribution >= 4 is 33.0 Å². The van der Waals surface area contributed by atoms with Crippen molar-refractivity contribution in [2.75, 3.05) is 24.5 Å². The summed E-state index contributed by atoms with van der Waals surface area (Å²) in [7, 11) is -1.71. The van der Waals surface area contributed by atoms with E-state index in [0.717, 1.165) is 41.8 Å². The predicted molar refractivity (Wildman–Crippen MR) is 126 cm³/mol. The number of hydrogen-bond acceptors (Lipinski definition) is 6. The van der Waals surface area contributed by atoms with Gasteiger partial charge in [-0.25, -0.2) is 8.42 Å². The van der Waals surface area contributed by atoms with E-state index in [2.05, 4.69) is 4.90 Å². The smallest absolute Gasteiger partial charge is 0.323 e. The lowest BCUT2D eigenvalue weighted by atomic mass is 9.90. The molecule has 0 bridgehead atoms. The first-order chi connectivity index (χ1) is 15.3. The maximum absolute atomic E-state index is 13.9. The summed E-state index contributed by atoms with van der Waals surface area (Å²) >= 11 is 1.76. The van der Waals surface area contributed by atoms with Crippen molar-refractivity contribution in [1.82, 2.24) is 4.90 Å². The van der Waals surface area contributed by atoms with Gasteiger partial charge in [0.2, 0.25) is 0 Å². The summed E-state index contributed by atoms with van der Waals surface area (Å²) in [6.45, 7) is 4.53. The Hall–Kier alpha value is -1.90. The highest BCUT2D eigenvalue weighted by Gasteiger charge is 2.51. The first-order valence-electron chi connectivity index (χ1n) is 11.4. The first kappa shape index (κ1) is 21.9. The van der Waals surface area contributed by atoms with Crippen LogP contribution in [-0.2, 0) is 32.4 Å². The molecule has 3 aliphatic rings. The number of esters is 1. The quantitative estimate of drug-likeness (QED) is 0.625. The van der Waals surface area contributed by atoms with Gasteiger partial charge in [0.25, 0.3) is 10.0 Å². The van der Waals surface area contributed by atoms with Gasteiger partial charge in [-0.1, -0.05) is 17.7 Å². The largest absolute Gasteiger partial charge is 0.465 e. The van der Waals surface area contributed by atoms with E-state index in [0.29, 0.717) is 24.5 Å². The molecule has 0 saturated carbocycles. The number of benzene rings is 1. The van der Waals surface area contributed by atoms with E-state index in [4.69, 9.17) is 4.74 Å². The molecule has 1 aliphatic carbocycles. The summed E-state index contributed by atoms with van der Waals surface area (Å²) in [6, 6.07) is 6.83. The zero-order valence-corrected chi connectivity index (χ0v) is 20.5. The Labute approximate surface area is 194 Å². The zero-order valence-electron chi connectivity index (χ0n) is 18.8. The Balaban J connectivity index is 1.62. The van der Waals surface area contributed by atoms with E-state index in [1.807, 2.05) is 33.0 Å². The molecule has 172 valence electrons. The van der Waals surface area contributed by atoms with Crippen molar-refractivity contribution in [3.63, 3.8) is 0 Å².